The van der Waals surface area contributed by atoms with Gasteiger partial charge in [-0.3, -0.25) is 4.79 Å². The molecule has 0 saturated carbocycles. The Hall–Kier alpha value is -2.82. The molecule has 2 aromatic rings. The lowest BCUT2D eigenvalue weighted by atomic mass is 10.0. The fourth-order valence-electron chi connectivity index (χ4n) is 2.69. The molecule has 2 rings (SSSR count). The summed E-state index contributed by atoms with van der Waals surface area (Å²) in [6.45, 7) is 9.12. The van der Waals surface area contributed by atoms with Crippen LogP contribution in [0, 0.1) is 27.7 Å². The number of esters is 1. The maximum atomic E-state index is 12.4. The van der Waals surface area contributed by atoms with Crippen LogP contribution in [0.15, 0.2) is 30.3 Å². The molecule has 5 heteroatoms. The zero-order valence-electron chi connectivity index (χ0n) is 15.1. The van der Waals surface area contributed by atoms with E-state index in [4.69, 9.17) is 4.74 Å². The molecule has 1 amide bonds. The van der Waals surface area contributed by atoms with Crippen LogP contribution in [0.4, 0.5) is 5.69 Å². The van der Waals surface area contributed by atoms with Gasteiger partial charge >= 0.3 is 5.97 Å². The Bertz CT molecular complexity index is 803. The number of benzene rings is 2. The molecule has 0 radical (unpaired) electrons. The van der Waals surface area contributed by atoms with Crippen LogP contribution < -0.4 is 5.32 Å². The van der Waals surface area contributed by atoms with Crippen molar-refractivity contribution in [3.8, 4) is 5.75 Å². The summed E-state index contributed by atoms with van der Waals surface area (Å²) in [5, 5.41) is 12.6. The van der Waals surface area contributed by atoms with Crippen LogP contribution in [0.5, 0.6) is 5.75 Å². The maximum Gasteiger partial charge on any atom is 0.342 e. The smallest absolute Gasteiger partial charge is 0.342 e. The number of phenolic OH excluding ortho intramolecular Hbond substituents is 1. The Kier molecular flexibility index (Phi) is 5.47. The number of carbonyl (C=O) groups is 2. The standard InChI is InChI=1S/C20H23NO4/c1-11-6-7-17(22)16(10-11)20(24)25-15(5)19(23)21-18-13(3)8-12(2)9-14(18)4/h6-10,15,22H,1-5H3,(H,21,23)/t15-/m1/s1. The SMILES string of the molecule is Cc1cc(C)c(NC(=O)[C@@H](C)OC(=O)c2cc(C)ccc2O)c(C)c1. The fourth-order valence-corrected chi connectivity index (χ4v) is 2.69. The van der Waals surface area contributed by atoms with Gasteiger partial charge in [-0.2, -0.15) is 0 Å². The molecule has 5 nitrogen and oxygen atoms in total. The molecule has 0 aliphatic carbocycles. The van der Waals surface area contributed by atoms with Crippen LogP contribution in [0.2, 0.25) is 0 Å². The van der Waals surface area contributed by atoms with E-state index in [0.717, 1.165) is 27.9 Å². The lowest BCUT2D eigenvalue weighted by Crippen LogP contribution is -2.30. The zero-order chi connectivity index (χ0) is 18.7. The Morgan fingerprint density at radius 2 is 1.60 bits per heavy atom. The first-order valence-corrected chi connectivity index (χ1v) is 8.08. The molecule has 0 saturated heterocycles. The largest absolute Gasteiger partial charge is 0.507 e. The van der Waals surface area contributed by atoms with E-state index in [1.54, 1.807) is 13.0 Å². The lowest BCUT2D eigenvalue weighted by molar-refractivity contribution is -0.123. The number of aryl methyl sites for hydroxylation is 4. The van der Waals surface area contributed by atoms with Gasteiger partial charge in [-0.05, 0) is 57.9 Å². The molecule has 25 heavy (non-hydrogen) atoms. The van der Waals surface area contributed by atoms with Gasteiger partial charge in [0.1, 0.15) is 11.3 Å². The van der Waals surface area contributed by atoms with E-state index in [0.29, 0.717) is 0 Å². The Morgan fingerprint density at radius 1 is 1.00 bits per heavy atom. The van der Waals surface area contributed by atoms with Gasteiger partial charge in [-0.25, -0.2) is 4.79 Å². The summed E-state index contributed by atoms with van der Waals surface area (Å²) in [5.74, 6) is -1.33. The molecule has 2 aromatic carbocycles. The van der Waals surface area contributed by atoms with Crippen molar-refractivity contribution >= 4 is 17.6 Å². The fraction of sp³-hybridized carbons (Fsp3) is 0.300. The van der Waals surface area contributed by atoms with E-state index >= 15 is 0 Å². The molecule has 0 unspecified atom stereocenters. The second-order valence-corrected chi connectivity index (χ2v) is 6.33. The van der Waals surface area contributed by atoms with Crippen LogP contribution in [-0.4, -0.2) is 23.1 Å². The van der Waals surface area contributed by atoms with E-state index in [1.165, 1.54) is 19.1 Å². The van der Waals surface area contributed by atoms with Gasteiger partial charge in [0, 0.05) is 5.69 Å². The number of aromatic hydroxyl groups is 1. The molecular weight excluding hydrogens is 318 g/mol. The molecule has 132 valence electrons. The van der Waals surface area contributed by atoms with E-state index in [-0.39, 0.29) is 11.3 Å². The second kappa shape index (κ2) is 7.38. The van der Waals surface area contributed by atoms with E-state index in [1.807, 2.05) is 32.9 Å². The minimum absolute atomic E-state index is 0.0438. The third-order valence-corrected chi connectivity index (χ3v) is 3.95. The highest BCUT2D eigenvalue weighted by atomic mass is 16.5. The minimum atomic E-state index is -0.993. The Labute approximate surface area is 147 Å². The summed E-state index contributed by atoms with van der Waals surface area (Å²) in [4.78, 5) is 24.6. The summed E-state index contributed by atoms with van der Waals surface area (Å²) in [5.41, 5.74) is 4.58. The topological polar surface area (TPSA) is 75.6 Å². The normalized spacial score (nSPS) is 11.7. The van der Waals surface area contributed by atoms with Crippen molar-refractivity contribution in [2.75, 3.05) is 5.32 Å². The van der Waals surface area contributed by atoms with Gasteiger partial charge in [0.15, 0.2) is 6.10 Å². The molecule has 0 bridgehead atoms. The van der Waals surface area contributed by atoms with Crippen LogP contribution >= 0.6 is 0 Å². The van der Waals surface area contributed by atoms with E-state index in [2.05, 4.69) is 5.32 Å². The second-order valence-electron chi connectivity index (χ2n) is 6.33. The predicted molar refractivity (Wildman–Crippen MR) is 97.0 cm³/mol. The number of carbonyl (C=O) groups excluding carboxylic acids is 2. The van der Waals surface area contributed by atoms with Crippen molar-refractivity contribution in [2.45, 2.75) is 40.7 Å². The molecular formula is C20H23NO4. The molecule has 0 aromatic heterocycles. The third-order valence-electron chi connectivity index (χ3n) is 3.95. The molecule has 0 spiro atoms. The maximum absolute atomic E-state index is 12.4. The monoisotopic (exact) mass is 341 g/mol. The summed E-state index contributed by atoms with van der Waals surface area (Å²) >= 11 is 0. The van der Waals surface area contributed by atoms with Crippen molar-refractivity contribution in [3.63, 3.8) is 0 Å². The summed E-state index contributed by atoms with van der Waals surface area (Å²) in [6, 6.07) is 8.59. The van der Waals surface area contributed by atoms with Crippen molar-refractivity contribution < 1.29 is 19.4 Å². The Balaban J connectivity index is 2.10. The molecule has 0 aliphatic heterocycles. The van der Waals surface area contributed by atoms with Gasteiger partial charge in [-0.15, -0.1) is 0 Å². The lowest BCUT2D eigenvalue weighted by Gasteiger charge is -2.17. The average Bonchev–Trinajstić information content (AvgIpc) is 2.52. The van der Waals surface area contributed by atoms with Crippen molar-refractivity contribution in [1.82, 2.24) is 0 Å². The first-order valence-electron chi connectivity index (χ1n) is 8.08. The van der Waals surface area contributed by atoms with Gasteiger partial charge in [0.2, 0.25) is 0 Å². The highest BCUT2D eigenvalue weighted by molar-refractivity contribution is 5.99. The Morgan fingerprint density at radius 3 is 2.20 bits per heavy atom. The number of hydrogen-bond acceptors (Lipinski definition) is 4. The average molecular weight is 341 g/mol. The summed E-state index contributed by atoms with van der Waals surface area (Å²) in [7, 11) is 0. The molecule has 1 atom stereocenters. The predicted octanol–water partition coefficient (Wildman–Crippen LogP) is 3.81. The number of hydrogen-bond donors (Lipinski definition) is 2. The number of rotatable bonds is 4. The highest BCUT2D eigenvalue weighted by Crippen LogP contribution is 2.23. The first kappa shape index (κ1) is 18.5. The molecule has 0 heterocycles. The van der Waals surface area contributed by atoms with Crippen LogP contribution in [-0.2, 0) is 9.53 Å². The van der Waals surface area contributed by atoms with Crippen LogP contribution in [0.3, 0.4) is 0 Å². The van der Waals surface area contributed by atoms with Crippen LogP contribution in [0.25, 0.3) is 0 Å². The molecule has 0 aliphatic rings. The van der Waals surface area contributed by atoms with Crippen LogP contribution in [0.1, 0.15) is 39.5 Å². The minimum Gasteiger partial charge on any atom is -0.507 e. The van der Waals surface area contributed by atoms with Gasteiger partial charge in [0.25, 0.3) is 5.91 Å². The number of anilines is 1. The van der Waals surface area contributed by atoms with Crippen molar-refractivity contribution in [1.29, 1.82) is 0 Å². The third kappa shape index (κ3) is 4.38. The summed E-state index contributed by atoms with van der Waals surface area (Å²) < 4.78 is 5.20. The summed E-state index contributed by atoms with van der Waals surface area (Å²) in [6.07, 6.45) is -0.993. The first-order chi connectivity index (χ1) is 11.7. The molecule has 2 N–H and O–H groups in total. The van der Waals surface area contributed by atoms with Crippen molar-refractivity contribution in [2.24, 2.45) is 0 Å². The highest BCUT2D eigenvalue weighted by Gasteiger charge is 2.22. The number of ether oxygens (including phenoxy) is 1. The van der Waals surface area contributed by atoms with E-state index < -0.39 is 18.0 Å². The number of amides is 1. The van der Waals surface area contributed by atoms with Gasteiger partial charge < -0.3 is 15.2 Å². The van der Waals surface area contributed by atoms with Gasteiger partial charge in [-0.1, -0.05) is 29.3 Å². The number of nitrogens with one attached hydrogen (secondary N) is 1. The zero-order valence-corrected chi connectivity index (χ0v) is 15.1. The quantitative estimate of drug-likeness (QED) is 0.829. The van der Waals surface area contributed by atoms with Crippen molar-refractivity contribution in [3.05, 3.63) is 58.1 Å². The van der Waals surface area contributed by atoms with E-state index in [9.17, 15) is 14.7 Å². The molecule has 0 fully saturated rings. The van der Waals surface area contributed by atoms with Gasteiger partial charge in [0.05, 0.1) is 0 Å². The number of phenols is 1.